The Bertz CT molecular complexity index is 607. The molecule has 0 saturated heterocycles. The molecule has 110 valence electrons. The molecule has 3 heteroatoms. The summed E-state index contributed by atoms with van der Waals surface area (Å²) in [6.07, 6.45) is 3.37. The first kappa shape index (κ1) is 13.8. The van der Waals surface area contributed by atoms with Gasteiger partial charge in [0.25, 0.3) is 0 Å². The molecule has 0 unspecified atom stereocenters. The molecule has 0 atom stereocenters. The van der Waals surface area contributed by atoms with E-state index in [1.54, 1.807) is 7.11 Å². The Morgan fingerprint density at radius 3 is 2.71 bits per heavy atom. The van der Waals surface area contributed by atoms with Gasteiger partial charge in [-0.3, -0.25) is 0 Å². The predicted octanol–water partition coefficient (Wildman–Crippen LogP) is 3.27. The molecule has 1 aliphatic heterocycles. The zero-order chi connectivity index (χ0) is 14.7. The van der Waals surface area contributed by atoms with Crippen LogP contribution in [0.2, 0.25) is 0 Å². The number of ether oxygens (including phenoxy) is 1. The fourth-order valence-corrected chi connectivity index (χ4v) is 3.05. The Balaban J connectivity index is 1.71. The fourth-order valence-electron chi connectivity index (χ4n) is 3.05. The van der Waals surface area contributed by atoms with E-state index in [4.69, 9.17) is 10.5 Å². The lowest BCUT2D eigenvalue weighted by Gasteiger charge is -2.32. The van der Waals surface area contributed by atoms with Crippen molar-refractivity contribution in [1.29, 1.82) is 0 Å². The van der Waals surface area contributed by atoms with Crippen molar-refractivity contribution >= 4 is 11.4 Å². The summed E-state index contributed by atoms with van der Waals surface area (Å²) >= 11 is 0. The van der Waals surface area contributed by atoms with Gasteiger partial charge in [0.15, 0.2) is 0 Å². The van der Waals surface area contributed by atoms with Gasteiger partial charge in [0.2, 0.25) is 0 Å². The molecular weight excluding hydrogens is 260 g/mol. The molecule has 3 nitrogen and oxygen atoms in total. The van der Waals surface area contributed by atoms with E-state index >= 15 is 0 Å². The normalized spacial score (nSPS) is 13.9. The van der Waals surface area contributed by atoms with Crippen LogP contribution in [0.5, 0.6) is 5.75 Å². The summed E-state index contributed by atoms with van der Waals surface area (Å²) in [4.78, 5) is 2.43. The summed E-state index contributed by atoms with van der Waals surface area (Å²) in [7, 11) is 1.70. The van der Waals surface area contributed by atoms with Gasteiger partial charge in [-0.15, -0.1) is 0 Å². The maximum absolute atomic E-state index is 6.18. The minimum absolute atomic E-state index is 0.905. The number of nitrogens with zero attached hydrogens (tertiary/aromatic N) is 1. The Kier molecular flexibility index (Phi) is 4.00. The highest BCUT2D eigenvalue weighted by molar-refractivity contribution is 5.72. The highest BCUT2D eigenvalue weighted by Gasteiger charge is 2.18. The zero-order valence-corrected chi connectivity index (χ0v) is 12.5. The van der Waals surface area contributed by atoms with E-state index in [-0.39, 0.29) is 0 Å². The van der Waals surface area contributed by atoms with Crippen molar-refractivity contribution < 1.29 is 4.74 Å². The third kappa shape index (κ3) is 2.97. The second-order valence-corrected chi connectivity index (χ2v) is 5.54. The quantitative estimate of drug-likeness (QED) is 0.875. The van der Waals surface area contributed by atoms with Gasteiger partial charge in [-0.1, -0.05) is 24.3 Å². The van der Waals surface area contributed by atoms with E-state index in [1.165, 1.54) is 23.2 Å². The number of nitrogens with two attached hydrogens (primary N) is 1. The van der Waals surface area contributed by atoms with Crippen molar-refractivity contribution in [2.24, 2.45) is 0 Å². The van der Waals surface area contributed by atoms with Crippen LogP contribution in [0.25, 0.3) is 0 Å². The standard InChI is InChI=1S/C18H22N2O/c1-21-16-9-7-14(8-10-16)11-13-20-12-3-5-15-4-2-6-17(19)18(15)20/h2,4,6-10H,3,5,11-13,19H2,1H3. The molecule has 0 spiro atoms. The number of nitrogen functional groups attached to an aromatic ring is 1. The van der Waals surface area contributed by atoms with E-state index in [0.717, 1.165) is 37.4 Å². The first-order valence-corrected chi connectivity index (χ1v) is 7.53. The minimum Gasteiger partial charge on any atom is -0.497 e. The van der Waals surface area contributed by atoms with E-state index in [2.05, 4.69) is 29.2 Å². The van der Waals surface area contributed by atoms with Crippen LogP contribution in [-0.4, -0.2) is 20.2 Å². The molecule has 3 rings (SSSR count). The van der Waals surface area contributed by atoms with Crippen molar-refractivity contribution in [2.75, 3.05) is 30.8 Å². The summed E-state index contributed by atoms with van der Waals surface area (Å²) < 4.78 is 5.20. The average Bonchev–Trinajstić information content (AvgIpc) is 2.53. The SMILES string of the molecule is COc1ccc(CCN2CCCc3cccc(N)c32)cc1. The molecule has 0 aromatic heterocycles. The van der Waals surface area contributed by atoms with Gasteiger partial charge in [0.05, 0.1) is 18.5 Å². The Labute approximate surface area is 126 Å². The smallest absolute Gasteiger partial charge is 0.118 e. The third-order valence-electron chi connectivity index (χ3n) is 4.17. The summed E-state index contributed by atoms with van der Waals surface area (Å²) in [5.41, 5.74) is 11.0. The number of hydrogen-bond acceptors (Lipinski definition) is 3. The van der Waals surface area contributed by atoms with Crippen molar-refractivity contribution in [3.8, 4) is 5.75 Å². The molecule has 2 aromatic rings. The number of aryl methyl sites for hydroxylation is 1. The second-order valence-electron chi connectivity index (χ2n) is 5.54. The number of hydrogen-bond donors (Lipinski definition) is 1. The number of fused-ring (bicyclic) bond motifs is 1. The van der Waals surface area contributed by atoms with Crippen LogP contribution in [-0.2, 0) is 12.8 Å². The molecule has 0 bridgehead atoms. The monoisotopic (exact) mass is 282 g/mol. The van der Waals surface area contributed by atoms with Gasteiger partial charge in [-0.05, 0) is 48.6 Å². The molecule has 2 N–H and O–H groups in total. The number of rotatable bonds is 4. The second kappa shape index (κ2) is 6.08. The minimum atomic E-state index is 0.905. The van der Waals surface area contributed by atoms with E-state index in [9.17, 15) is 0 Å². The molecule has 0 radical (unpaired) electrons. The first-order chi connectivity index (χ1) is 10.3. The van der Waals surface area contributed by atoms with Gasteiger partial charge in [0, 0.05) is 13.1 Å². The molecule has 0 saturated carbocycles. The van der Waals surface area contributed by atoms with Crippen LogP contribution in [0.15, 0.2) is 42.5 Å². The van der Waals surface area contributed by atoms with Crippen LogP contribution in [0, 0.1) is 0 Å². The molecule has 0 aliphatic carbocycles. The predicted molar refractivity (Wildman–Crippen MR) is 88.1 cm³/mol. The van der Waals surface area contributed by atoms with Gasteiger partial charge in [-0.25, -0.2) is 0 Å². The first-order valence-electron chi connectivity index (χ1n) is 7.53. The lowest BCUT2D eigenvalue weighted by Crippen LogP contribution is -2.32. The van der Waals surface area contributed by atoms with Crippen LogP contribution in [0.3, 0.4) is 0 Å². The van der Waals surface area contributed by atoms with E-state index in [1.807, 2.05) is 18.2 Å². The fraction of sp³-hybridized carbons (Fsp3) is 0.333. The molecule has 0 amide bonds. The van der Waals surface area contributed by atoms with Crippen molar-refractivity contribution in [2.45, 2.75) is 19.3 Å². The van der Waals surface area contributed by atoms with Gasteiger partial charge < -0.3 is 15.4 Å². The molecule has 0 fully saturated rings. The number of methoxy groups -OCH3 is 1. The largest absolute Gasteiger partial charge is 0.497 e. The topological polar surface area (TPSA) is 38.5 Å². The van der Waals surface area contributed by atoms with Gasteiger partial charge in [-0.2, -0.15) is 0 Å². The molecular formula is C18H22N2O. The van der Waals surface area contributed by atoms with Gasteiger partial charge in [0.1, 0.15) is 5.75 Å². The average molecular weight is 282 g/mol. The molecule has 21 heavy (non-hydrogen) atoms. The Hall–Kier alpha value is -2.16. The summed E-state index contributed by atoms with van der Waals surface area (Å²) in [5.74, 6) is 0.909. The van der Waals surface area contributed by atoms with Crippen molar-refractivity contribution in [3.05, 3.63) is 53.6 Å². The molecule has 2 aromatic carbocycles. The highest BCUT2D eigenvalue weighted by Crippen LogP contribution is 2.32. The Morgan fingerprint density at radius 2 is 1.95 bits per heavy atom. The van der Waals surface area contributed by atoms with Crippen LogP contribution in [0.1, 0.15) is 17.5 Å². The summed E-state index contributed by atoms with van der Waals surface area (Å²) in [5, 5.41) is 0. The third-order valence-corrected chi connectivity index (χ3v) is 4.17. The highest BCUT2D eigenvalue weighted by atomic mass is 16.5. The van der Waals surface area contributed by atoms with Crippen LogP contribution >= 0.6 is 0 Å². The van der Waals surface area contributed by atoms with E-state index < -0.39 is 0 Å². The van der Waals surface area contributed by atoms with Crippen molar-refractivity contribution in [3.63, 3.8) is 0 Å². The number of anilines is 2. The lowest BCUT2D eigenvalue weighted by atomic mass is 10.00. The molecule has 1 heterocycles. The Morgan fingerprint density at radius 1 is 1.14 bits per heavy atom. The summed E-state index contributed by atoms with van der Waals surface area (Å²) in [6, 6.07) is 14.6. The van der Waals surface area contributed by atoms with E-state index in [0.29, 0.717) is 0 Å². The molecule has 1 aliphatic rings. The van der Waals surface area contributed by atoms with Crippen LogP contribution in [0.4, 0.5) is 11.4 Å². The number of para-hydroxylation sites is 1. The van der Waals surface area contributed by atoms with Gasteiger partial charge >= 0.3 is 0 Å². The maximum atomic E-state index is 6.18. The van der Waals surface area contributed by atoms with Crippen molar-refractivity contribution in [1.82, 2.24) is 0 Å². The number of benzene rings is 2. The zero-order valence-electron chi connectivity index (χ0n) is 12.5. The lowest BCUT2D eigenvalue weighted by molar-refractivity contribution is 0.414. The van der Waals surface area contributed by atoms with Crippen LogP contribution < -0.4 is 15.4 Å². The maximum Gasteiger partial charge on any atom is 0.118 e. The summed E-state index contributed by atoms with van der Waals surface area (Å²) in [6.45, 7) is 2.10.